The van der Waals surface area contributed by atoms with Gasteiger partial charge in [0, 0.05) is 23.7 Å². The van der Waals surface area contributed by atoms with Crippen molar-refractivity contribution in [2.45, 2.75) is 19.2 Å². The molecule has 0 aliphatic heterocycles. The van der Waals surface area contributed by atoms with E-state index in [0.717, 1.165) is 5.69 Å². The van der Waals surface area contributed by atoms with Gasteiger partial charge in [-0.25, -0.2) is 17.8 Å². The molecule has 0 spiro atoms. The van der Waals surface area contributed by atoms with Gasteiger partial charge in [0.2, 0.25) is 5.91 Å². The van der Waals surface area contributed by atoms with Crippen molar-refractivity contribution in [2.24, 2.45) is 0 Å². The average Bonchev–Trinajstić information content (AvgIpc) is 2.95. The van der Waals surface area contributed by atoms with Crippen molar-refractivity contribution in [3.63, 3.8) is 0 Å². The van der Waals surface area contributed by atoms with Gasteiger partial charge in [-0.3, -0.25) is 14.0 Å². The van der Waals surface area contributed by atoms with Crippen molar-refractivity contribution in [2.75, 3.05) is 5.75 Å². The van der Waals surface area contributed by atoms with Crippen LogP contribution in [-0.2, 0) is 26.9 Å². The highest BCUT2D eigenvalue weighted by Crippen LogP contribution is 2.13. The lowest BCUT2D eigenvalue weighted by atomic mass is 10.2. The zero-order chi connectivity index (χ0) is 19.6. The Morgan fingerprint density at radius 2 is 2.00 bits per heavy atom. The monoisotopic (exact) mass is 409 g/mol. The molecule has 3 rings (SSSR count). The van der Waals surface area contributed by atoms with Gasteiger partial charge in [0.25, 0.3) is 5.56 Å². The Bertz CT molecular complexity index is 1150. The summed E-state index contributed by atoms with van der Waals surface area (Å²) in [7, 11) is -3.80. The SMILES string of the molecule is Cc1csc2nc(CS(=O)(=O)CC(=O)NCc3ccc(F)cc3)cc(=O)n12. The molecule has 142 valence electrons. The Morgan fingerprint density at radius 1 is 1.30 bits per heavy atom. The lowest BCUT2D eigenvalue weighted by Crippen LogP contribution is -2.30. The number of aryl methyl sites for hydroxylation is 1. The van der Waals surface area contributed by atoms with Gasteiger partial charge < -0.3 is 5.32 Å². The van der Waals surface area contributed by atoms with Crippen LogP contribution in [0.1, 0.15) is 17.0 Å². The number of benzene rings is 1. The topological polar surface area (TPSA) is 97.6 Å². The van der Waals surface area contributed by atoms with Crippen LogP contribution in [0.25, 0.3) is 4.96 Å². The Morgan fingerprint density at radius 3 is 2.70 bits per heavy atom. The largest absolute Gasteiger partial charge is 0.351 e. The molecule has 0 saturated carbocycles. The lowest BCUT2D eigenvalue weighted by Gasteiger charge is -2.07. The highest BCUT2D eigenvalue weighted by molar-refractivity contribution is 7.91. The van der Waals surface area contributed by atoms with E-state index in [4.69, 9.17) is 0 Å². The molecule has 0 bridgehead atoms. The predicted molar refractivity (Wildman–Crippen MR) is 99.8 cm³/mol. The first-order valence-corrected chi connectivity index (χ1v) is 10.6. The van der Waals surface area contributed by atoms with Gasteiger partial charge in [-0.1, -0.05) is 12.1 Å². The fraction of sp³-hybridized carbons (Fsp3) is 0.235. The van der Waals surface area contributed by atoms with E-state index in [0.29, 0.717) is 10.5 Å². The maximum atomic E-state index is 12.8. The van der Waals surface area contributed by atoms with Gasteiger partial charge >= 0.3 is 0 Å². The second kappa shape index (κ2) is 7.57. The van der Waals surface area contributed by atoms with E-state index in [1.54, 1.807) is 12.3 Å². The summed E-state index contributed by atoms with van der Waals surface area (Å²) in [5, 5.41) is 4.23. The van der Waals surface area contributed by atoms with Crippen molar-refractivity contribution in [1.82, 2.24) is 14.7 Å². The number of carbonyl (C=O) groups excluding carboxylic acids is 1. The minimum absolute atomic E-state index is 0.0919. The number of nitrogens with one attached hydrogen (secondary N) is 1. The minimum atomic E-state index is -3.80. The Balaban J connectivity index is 1.65. The standard InChI is InChI=1S/C17H16FN3O4S2/c1-11-8-26-17-20-14(6-16(23)21(11)17)9-27(24,25)10-15(22)19-7-12-2-4-13(18)5-3-12/h2-6,8H,7,9-10H2,1H3,(H,19,22). The third-order valence-corrected chi connectivity index (χ3v) is 6.13. The molecule has 2 aromatic heterocycles. The van der Waals surface area contributed by atoms with Crippen LogP contribution in [0.2, 0.25) is 0 Å². The highest BCUT2D eigenvalue weighted by Gasteiger charge is 2.19. The van der Waals surface area contributed by atoms with Gasteiger partial charge in [0.15, 0.2) is 14.8 Å². The number of thiazole rings is 1. The maximum absolute atomic E-state index is 12.8. The molecule has 0 aliphatic carbocycles. The predicted octanol–water partition coefficient (Wildman–Crippen LogP) is 1.43. The van der Waals surface area contributed by atoms with Gasteiger partial charge in [-0.05, 0) is 24.6 Å². The first-order chi connectivity index (χ1) is 12.7. The number of nitrogens with zero attached hydrogens (tertiary/aromatic N) is 2. The van der Waals surface area contributed by atoms with Crippen LogP contribution in [0.5, 0.6) is 0 Å². The molecule has 7 nitrogen and oxygen atoms in total. The molecule has 0 atom stereocenters. The van der Waals surface area contributed by atoms with Crippen LogP contribution in [0.15, 0.2) is 40.5 Å². The molecular weight excluding hydrogens is 393 g/mol. The Kier molecular flexibility index (Phi) is 5.38. The van der Waals surface area contributed by atoms with Crippen LogP contribution >= 0.6 is 11.3 Å². The number of aromatic nitrogens is 2. The van der Waals surface area contributed by atoms with Crippen LogP contribution in [-0.4, -0.2) is 29.5 Å². The summed E-state index contributed by atoms with van der Waals surface area (Å²) >= 11 is 1.24. The molecule has 3 aromatic rings. The van der Waals surface area contributed by atoms with E-state index < -0.39 is 33.1 Å². The van der Waals surface area contributed by atoms with Crippen LogP contribution in [0.4, 0.5) is 4.39 Å². The number of sulfone groups is 1. The summed E-state index contributed by atoms with van der Waals surface area (Å²) in [6, 6.07) is 6.68. The number of hydrogen-bond donors (Lipinski definition) is 1. The van der Waals surface area contributed by atoms with Gasteiger partial charge in [-0.15, -0.1) is 11.3 Å². The maximum Gasteiger partial charge on any atom is 0.258 e. The number of amides is 1. The fourth-order valence-corrected chi connectivity index (χ4v) is 4.60. The molecule has 1 amide bonds. The van der Waals surface area contributed by atoms with Crippen LogP contribution in [0, 0.1) is 12.7 Å². The van der Waals surface area contributed by atoms with E-state index in [2.05, 4.69) is 10.3 Å². The Labute approximate surface area is 158 Å². The molecule has 2 heterocycles. The summed E-state index contributed by atoms with van der Waals surface area (Å²) in [6.45, 7) is 1.85. The van der Waals surface area contributed by atoms with Crippen molar-refractivity contribution < 1.29 is 17.6 Å². The third kappa shape index (κ3) is 4.77. The molecule has 0 saturated heterocycles. The van der Waals surface area contributed by atoms with Crippen molar-refractivity contribution in [3.8, 4) is 0 Å². The second-order valence-corrected chi connectivity index (χ2v) is 8.92. The van der Waals surface area contributed by atoms with Crippen molar-refractivity contribution in [3.05, 3.63) is 68.8 Å². The lowest BCUT2D eigenvalue weighted by molar-refractivity contribution is -0.118. The summed E-state index contributed by atoms with van der Waals surface area (Å²) in [6.07, 6.45) is 0. The van der Waals surface area contributed by atoms with Gasteiger partial charge in [0.1, 0.15) is 11.6 Å². The molecule has 0 aliphatic rings. The number of carbonyl (C=O) groups is 1. The first kappa shape index (κ1) is 19.2. The second-order valence-electron chi connectivity index (χ2n) is 6.02. The summed E-state index contributed by atoms with van der Waals surface area (Å²) < 4.78 is 38.8. The number of hydrogen-bond acceptors (Lipinski definition) is 6. The zero-order valence-corrected chi connectivity index (χ0v) is 15.9. The van der Waals surface area contributed by atoms with Gasteiger partial charge in [-0.2, -0.15) is 0 Å². The van der Waals surface area contributed by atoms with Gasteiger partial charge in [0.05, 0.1) is 11.4 Å². The zero-order valence-electron chi connectivity index (χ0n) is 14.3. The van der Waals surface area contributed by atoms with E-state index in [-0.39, 0.29) is 17.8 Å². The highest BCUT2D eigenvalue weighted by atomic mass is 32.2. The van der Waals surface area contributed by atoms with Crippen LogP contribution in [0.3, 0.4) is 0 Å². The summed E-state index contributed by atoms with van der Waals surface area (Å²) in [5.74, 6) is -2.30. The number of fused-ring (bicyclic) bond motifs is 1. The smallest absolute Gasteiger partial charge is 0.258 e. The molecule has 10 heteroatoms. The van der Waals surface area contributed by atoms with E-state index >= 15 is 0 Å². The molecule has 0 radical (unpaired) electrons. The van der Waals surface area contributed by atoms with Crippen molar-refractivity contribution >= 4 is 32.0 Å². The van der Waals surface area contributed by atoms with E-state index in [1.165, 1.54) is 46.1 Å². The first-order valence-electron chi connectivity index (χ1n) is 7.92. The molecule has 0 unspecified atom stereocenters. The third-order valence-electron chi connectivity index (χ3n) is 3.75. The molecule has 27 heavy (non-hydrogen) atoms. The summed E-state index contributed by atoms with van der Waals surface area (Å²) in [4.78, 5) is 28.6. The fourth-order valence-electron chi connectivity index (χ4n) is 2.50. The normalized spacial score (nSPS) is 11.6. The van der Waals surface area contributed by atoms with Crippen molar-refractivity contribution in [1.29, 1.82) is 0 Å². The van der Waals surface area contributed by atoms with Crippen LogP contribution < -0.4 is 10.9 Å². The molecular formula is C17H16FN3O4S2. The quantitative estimate of drug-likeness (QED) is 0.664. The number of halogens is 1. The van der Waals surface area contributed by atoms with E-state index in [9.17, 15) is 22.4 Å². The molecule has 1 aromatic carbocycles. The minimum Gasteiger partial charge on any atom is -0.351 e. The average molecular weight is 409 g/mol. The van der Waals surface area contributed by atoms with E-state index in [1.807, 2.05) is 0 Å². The Hall–Kier alpha value is -2.59. The molecule has 1 N–H and O–H groups in total. The molecule has 0 fully saturated rings. The number of rotatable bonds is 6. The summed E-state index contributed by atoms with van der Waals surface area (Å²) in [5.41, 5.74) is 1.12.